The minimum absolute atomic E-state index is 0.644. The predicted octanol–water partition coefficient (Wildman–Crippen LogP) is 4.35. The summed E-state index contributed by atoms with van der Waals surface area (Å²) in [6, 6.07) is 17.9. The van der Waals surface area contributed by atoms with E-state index in [2.05, 4.69) is 64.1 Å². The fourth-order valence-corrected chi connectivity index (χ4v) is 3.82. The van der Waals surface area contributed by atoms with Crippen LogP contribution in [0.4, 0.5) is 17.1 Å². The molecule has 3 aromatic rings. The molecule has 5 nitrogen and oxygen atoms in total. The number of pyridine rings is 1. The van der Waals surface area contributed by atoms with Crippen LogP contribution in [0.25, 0.3) is 22.2 Å². The molecule has 0 bridgehead atoms. The van der Waals surface area contributed by atoms with Gasteiger partial charge < -0.3 is 20.3 Å². The van der Waals surface area contributed by atoms with Crippen molar-refractivity contribution in [2.24, 2.45) is 0 Å². The van der Waals surface area contributed by atoms with E-state index in [1.54, 1.807) is 0 Å². The quantitative estimate of drug-likeness (QED) is 0.695. The number of morpholine rings is 1. The third kappa shape index (κ3) is 3.50. The van der Waals surface area contributed by atoms with Crippen LogP contribution >= 0.6 is 0 Å². The SMILES string of the molecule is CNc1cc(-c2cccc(N3CCOCC3)c2)nc2ccc(NC3CC3)cc12. The lowest BCUT2D eigenvalue weighted by molar-refractivity contribution is 0.122. The number of aromatic nitrogens is 1. The minimum atomic E-state index is 0.644. The molecule has 0 spiro atoms. The first-order valence-electron chi connectivity index (χ1n) is 10.1. The van der Waals surface area contributed by atoms with E-state index >= 15 is 0 Å². The number of hydrogen-bond donors (Lipinski definition) is 2. The number of hydrogen-bond acceptors (Lipinski definition) is 5. The van der Waals surface area contributed by atoms with Crippen molar-refractivity contribution in [3.8, 4) is 11.3 Å². The lowest BCUT2D eigenvalue weighted by Crippen LogP contribution is -2.36. The van der Waals surface area contributed by atoms with Gasteiger partial charge in [-0.15, -0.1) is 0 Å². The molecule has 2 aliphatic rings. The summed E-state index contributed by atoms with van der Waals surface area (Å²) in [7, 11) is 1.98. The van der Waals surface area contributed by atoms with Crippen LogP contribution < -0.4 is 15.5 Å². The fourth-order valence-electron chi connectivity index (χ4n) is 3.82. The Morgan fingerprint density at radius 1 is 1.04 bits per heavy atom. The van der Waals surface area contributed by atoms with Gasteiger partial charge in [-0.3, -0.25) is 0 Å². The Balaban J connectivity index is 1.51. The zero-order valence-corrected chi connectivity index (χ0v) is 16.2. The molecule has 0 radical (unpaired) electrons. The van der Waals surface area contributed by atoms with E-state index in [0.29, 0.717) is 6.04 Å². The Labute approximate surface area is 165 Å². The molecule has 0 atom stereocenters. The molecule has 2 heterocycles. The van der Waals surface area contributed by atoms with Crippen molar-refractivity contribution in [1.82, 2.24) is 4.98 Å². The highest BCUT2D eigenvalue weighted by Gasteiger charge is 2.21. The molecule has 1 aliphatic heterocycles. The van der Waals surface area contributed by atoms with Gasteiger partial charge in [-0.25, -0.2) is 4.98 Å². The topological polar surface area (TPSA) is 49.4 Å². The molecule has 28 heavy (non-hydrogen) atoms. The van der Waals surface area contributed by atoms with E-state index in [0.717, 1.165) is 54.2 Å². The molecular formula is C23H26N4O. The van der Waals surface area contributed by atoms with Gasteiger partial charge in [0.05, 0.1) is 24.4 Å². The molecule has 1 saturated carbocycles. The van der Waals surface area contributed by atoms with Crippen molar-refractivity contribution in [1.29, 1.82) is 0 Å². The highest BCUT2D eigenvalue weighted by Crippen LogP contribution is 2.33. The normalized spacial score (nSPS) is 17.0. The zero-order valence-electron chi connectivity index (χ0n) is 16.2. The molecule has 2 N–H and O–H groups in total. The maximum atomic E-state index is 5.48. The number of nitrogens with one attached hydrogen (secondary N) is 2. The van der Waals surface area contributed by atoms with Gasteiger partial charge in [0.25, 0.3) is 0 Å². The van der Waals surface area contributed by atoms with Crippen molar-refractivity contribution in [2.45, 2.75) is 18.9 Å². The third-order valence-electron chi connectivity index (χ3n) is 5.54. The molecule has 144 valence electrons. The predicted molar refractivity (Wildman–Crippen MR) is 116 cm³/mol. The summed E-state index contributed by atoms with van der Waals surface area (Å²) in [6.45, 7) is 3.46. The molecule has 1 aromatic heterocycles. The number of rotatable bonds is 5. The first-order valence-corrected chi connectivity index (χ1v) is 10.1. The largest absolute Gasteiger partial charge is 0.388 e. The lowest BCUT2D eigenvalue weighted by Gasteiger charge is -2.29. The molecule has 1 aliphatic carbocycles. The van der Waals surface area contributed by atoms with E-state index in [1.807, 2.05) is 7.05 Å². The summed E-state index contributed by atoms with van der Waals surface area (Å²) in [5.74, 6) is 0. The van der Waals surface area contributed by atoms with Crippen LogP contribution in [0.15, 0.2) is 48.5 Å². The maximum absolute atomic E-state index is 5.48. The van der Waals surface area contributed by atoms with Crippen LogP contribution in [0.5, 0.6) is 0 Å². The summed E-state index contributed by atoms with van der Waals surface area (Å²) in [4.78, 5) is 7.34. The van der Waals surface area contributed by atoms with Crippen LogP contribution in [0, 0.1) is 0 Å². The Kier molecular flexibility index (Phi) is 4.53. The average molecular weight is 374 g/mol. The van der Waals surface area contributed by atoms with Crippen LogP contribution in [0.2, 0.25) is 0 Å². The standard InChI is InChI=1S/C23H26N4O/c1-24-23-15-22(16-3-2-4-19(13-16)27-9-11-28-12-10-27)26-21-8-7-18(14-20(21)23)25-17-5-6-17/h2-4,7-8,13-15,17,25H,5-6,9-12H2,1H3,(H,24,26). The lowest BCUT2D eigenvalue weighted by atomic mass is 10.1. The molecule has 2 fully saturated rings. The minimum Gasteiger partial charge on any atom is -0.388 e. The first-order chi connectivity index (χ1) is 13.8. The monoisotopic (exact) mass is 374 g/mol. The van der Waals surface area contributed by atoms with Gasteiger partial charge in [0, 0.05) is 54.2 Å². The van der Waals surface area contributed by atoms with Gasteiger partial charge in [0.1, 0.15) is 0 Å². The smallest absolute Gasteiger partial charge is 0.0731 e. The van der Waals surface area contributed by atoms with Crippen molar-refractivity contribution in [3.63, 3.8) is 0 Å². The van der Waals surface area contributed by atoms with Crippen LogP contribution in [0.3, 0.4) is 0 Å². The van der Waals surface area contributed by atoms with E-state index in [-0.39, 0.29) is 0 Å². The number of nitrogens with zero attached hydrogens (tertiary/aromatic N) is 2. The molecule has 5 rings (SSSR count). The molecule has 1 saturated heterocycles. The van der Waals surface area contributed by atoms with E-state index in [9.17, 15) is 0 Å². The van der Waals surface area contributed by atoms with Crippen molar-refractivity contribution < 1.29 is 4.74 Å². The number of anilines is 3. The van der Waals surface area contributed by atoms with Gasteiger partial charge in [0.15, 0.2) is 0 Å². The number of fused-ring (bicyclic) bond motifs is 1. The van der Waals surface area contributed by atoms with E-state index in [1.165, 1.54) is 24.2 Å². The zero-order chi connectivity index (χ0) is 18.9. The van der Waals surface area contributed by atoms with Crippen molar-refractivity contribution in [3.05, 3.63) is 48.5 Å². The Morgan fingerprint density at radius 3 is 2.68 bits per heavy atom. The highest BCUT2D eigenvalue weighted by atomic mass is 16.5. The molecular weight excluding hydrogens is 348 g/mol. The van der Waals surface area contributed by atoms with Gasteiger partial charge >= 0.3 is 0 Å². The molecule has 2 aromatic carbocycles. The Bertz CT molecular complexity index is 993. The summed E-state index contributed by atoms with van der Waals surface area (Å²) < 4.78 is 5.48. The van der Waals surface area contributed by atoms with Crippen molar-refractivity contribution in [2.75, 3.05) is 48.9 Å². The number of benzene rings is 2. The summed E-state index contributed by atoms with van der Waals surface area (Å²) in [5, 5.41) is 8.09. The second-order valence-corrected chi connectivity index (χ2v) is 7.61. The Hall–Kier alpha value is -2.79. The highest BCUT2D eigenvalue weighted by molar-refractivity contribution is 5.96. The first kappa shape index (κ1) is 17.3. The third-order valence-corrected chi connectivity index (χ3v) is 5.54. The van der Waals surface area contributed by atoms with Crippen molar-refractivity contribution >= 4 is 28.0 Å². The fraction of sp³-hybridized carbons (Fsp3) is 0.348. The molecule has 0 unspecified atom stereocenters. The maximum Gasteiger partial charge on any atom is 0.0731 e. The van der Waals surface area contributed by atoms with Gasteiger partial charge in [-0.2, -0.15) is 0 Å². The summed E-state index contributed by atoms with van der Waals surface area (Å²) in [6.07, 6.45) is 2.54. The van der Waals surface area contributed by atoms with Crippen LogP contribution in [-0.4, -0.2) is 44.4 Å². The van der Waals surface area contributed by atoms with E-state index in [4.69, 9.17) is 9.72 Å². The number of ether oxygens (including phenoxy) is 1. The molecule has 5 heteroatoms. The van der Waals surface area contributed by atoms with Gasteiger partial charge in [0.2, 0.25) is 0 Å². The van der Waals surface area contributed by atoms with Crippen LogP contribution in [-0.2, 0) is 4.74 Å². The van der Waals surface area contributed by atoms with Crippen LogP contribution in [0.1, 0.15) is 12.8 Å². The average Bonchev–Trinajstić information content (AvgIpc) is 3.58. The summed E-state index contributed by atoms with van der Waals surface area (Å²) >= 11 is 0. The van der Waals surface area contributed by atoms with Gasteiger partial charge in [-0.1, -0.05) is 12.1 Å². The summed E-state index contributed by atoms with van der Waals surface area (Å²) in [5.41, 5.74) is 6.67. The second kappa shape index (κ2) is 7.32. The van der Waals surface area contributed by atoms with E-state index < -0.39 is 0 Å². The molecule has 0 amide bonds. The Morgan fingerprint density at radius 2 is 1.89 bits per heavy atom. The van der Waals surface area contributed by atoms with Gasteiger partial charge in [-0.05, 0) is 49.2 Å². The second-order valence-electron chi connectivity index (χ2n) is 7.61.